The minimum Gasteiger partial charge on any atom is -0.463 e. The van der Waals surface area contributed by atoms with Gasteiger partial charge in [-0.1, -0.05) is 194 Å². The summed E-state index contributed by atoms with van der Waals surface area (Å²) in [5.74, 6) is -0.985. The second-order valence-corrected chi connectivity index (χ2v) is 19.8. The molecule has 0 fully saturated rings. The molecule has 0 aliphatic heterocycles. The van der Waals surface area contributed by atoms with Crippen molar-refractivity contribution in [2.45, 2.75) is 238 Å². The van der Waals surface area contributed by atoms with E-state index in [2.05, 4.69) is 31.9 Å². The minimum atomic E-state index is -4.78. The van der Waals surface area contributed by atoms with Gasteiger partial charge < -0.3 is 34.6 Å². The van der Waals surface area contributed by atoms with Gasteiger partial charge in [0.15, 0.2) is 0 Å². The first kappa shape index (κ1) is 61.0. The Bertz CT molecular complexity index is 1130. The number of phosphoric ester groups is 2. The predicted octanol–water partition coefficient (Wildman–Crippen LogP) is 10.9. The van der Waals surface area contributed by atoms with Crippen LogP contribution in [0, 0.1) is 0 Å². The average Bonchev–Trinajstić information content (AvgIpc) is 3.24. The molecule has 0 heterocycles. The molecule has 5 atom stereocenters. The quantitative estimate of drug-likeness (QED) is 0.0217. The number of unbranched alkanes of at least 4 members (excludes halogenated alkanes) is 28. The molecular weight excluding hydrogens is 842 g/mol. The fourth-order valence-corrected chi connectivity index (χ4v) is 8.33. The largest absolute Gasteiger partial charge is 0.472 e. The maximum absolute atomic E-state index is 12.2. The molecule has 0 aliphatic rings. The Labute approximate surface area is 375 Å². The van der Waals surface area contributed by atoms with E-state index in [1.807, 2.05) is 0 Å². The summed E-state index contributed by atoms with van der Waals surface area (Å²) in [5, 5.41) is 30.0. The normalized spacial score (nSPS) is 15.1. The highest BCUT2D eigenvalue weighted by molar-refractivity contribution is 7.47. The molecule has 0 spiro atoms. The Balaban J connectivity index is 3.83. The Hall–Kier alpha value is -0.960. The standard InChI is InChI=1S/C45H90O15P2/c1-3-5-7-9-11-13-15-16-17-18-19-20-21-22-24-26-28-30-32-34-45(50)56-36-42(47)38-58-62(53,54)60-40-43(48)39-59-61(51,52)57-37-41(46)35-55-44(49)33-31-29-27-25-23-14-12-10-8-6-4-2/h41-43,46-48H,3-40H2,1-2H3,(H,51,52)(H,53,54). The summed E-state index contributed by atoms with van der Waals surface area (Å²) in [6.45, 7) is 0.455. The zero-order valence-electron chi connectivity index (χ0n) is 38.8. The summed E-state index contributed by atoms with van der Waals surface area (Å²) < 4.78 is 52.9. The van der Waals surface area contributed by atoms with Crippen molar-refractivity contribution in [2.24, 2.45) is 0 Å². The molecule has 62 heavy (non-hydrogen) atoms. The molecule has 17 heteroatoms. The van der Waals surface area contributed by atoms with E-state index in [0.29, 0.717) is 12.8 Å². The second kappa shape index (κ2) is 42.7. The summed E-state index contributed by atoms with van der Waals surface area (Å²) in [6.07, 6.45) is 32.4. The monoisotopic (exact) mass is 933 g/mol. The number of phosphoric acid groups is 2. The minimum absolute atomic E-state index is 0.202. The molecule has 0 aromatic rings. The van der Waals surface area contributed by atoms with E-state index in [1.54, 1.807) is 0 Å². The van der Waals surface area contributed by atoms with Gasteiger partial charge in [0.2, 0.25) is 0 Å². The summed E-state index contributed by atoms with van der Waals surface area (Å²) in [4.78, 5) is 43.7. The Morgan fingerprint density at radius 2 is 0.548 bits per heavy atom. The number of ether oxygens (including phenoxy) is 2. The van der Waals surface area contributed by atoms with Crippen LogP contribution in [-0.2, 0) is 46.3 Å². The first-order valence-electron chi connectivity index (χ1n) is 24.4. The molecule has 5 N–H and O–H groups in total. The first-order valence-corrected chi connectivity index (χ1v) is 27.4. The highest BCUT2D eigenvalue weighted by Gasteiger charge is 2.28. The summed E-state index contributed by atoms with van der Waals surface area (Å²) in [6, 6.07) is 0. The number of carbonyl (C=O) groups excluding carboxylic acids is 2. The SMILES string of the molecule is CCCCCCCCCCCCCCCCCCCCCC(=O)OCC(O)COP(=O)(O)OCC(O)COP(=O)(O)OCC(O)COC(=O)CCCCCCCCCCCCC. The van der Waals surface area contributed by atoms with Gasteiger partial charge in [-0.05, 0) is 12.8 Å². The van der Waals surface area contributed by atoms with Gasteiger partial charge in [0.1, 0.15) is 31.5 Å². The first-order chi connectivity index (χ1) is 29.8. The van der Waals surface area contributed by atoms with Gasteiger partial charge in [-0.3, -0.25) is 27.7 Å². The van der Waals surface area contributed by atoms with E-state index in [9.17, 15) is 43.8 Å². The van der Waals surface area contributed by atoms with E-state index in [0.717, 1.165) is 38.5 Å². The van der Waals surface area contributed by atoms with Crippen LogP contribution in [0.3, 0.4) is 0 Å². The smallest absolute Gasteiger partial charge is 0.463 e. The molecule has 0 saturated heterocycles. The Morgan fingerprint density at radius 1 is 0.355 bits per heavy atom. The number of esters is 2. The van der Waals surface area contributed by atoms with Crippen LogP contribution in [0.4, 0.5) is 0 Å². The van der Waals surface area contributed by atoms with E-state index >= 15 is 0 Å². The van der Waals surface area contributed by atoms with Crippen LogP contribution in [0.1, 0.15) is 219 Å². The summed E-state index contributed by atoms with van der Waals surface area (Å²) >= 11 is 0. The molecule has 0 rings (SSSR count). The number of carbonyl (C=O) groups is 2. The topological polar surface area (TPSA) is 225 Å². The van der Waals surface area contributed by atoms with E-state index in [-0.39, 0.29) is 12.8 Å². The lowest BCUT2D eigenvalue weighted by Gasteiger charge is -2.19. The van der Waals surface area contributed by atoms with Crippen molar-refractivity contribution in [3.63, 3.8) is 0 Å². The van der Waals surface area contributed by atoms with Crippen LogP contribution in [0.25, 0.3) is 0 Å². The molecular formula is C45H90O15P2. The van der Waals surface area contributed by atoms with Crippen LogP contribution < -0.4 is 0 Å². The summed E-state index contributed by atoms with van der Waals surface area (Å²) in [7, 11) is -9.55. The van der Waals surface area contributed by atoms with Gasteiger partial charge in [-0.25, -0.2) is 9.13 Å². The zero-order valence-corrected chi connectivity index (χ0v) is 40.6. The van der Waals surface area contributed by atoms with E-state index in [1.165, 1.54) is 141 Å². The molecule has 0 aromatic carbocycles. The van der Waals surface area contributed by atoms with E-state index < -0.39 is 85.5 Å². The van der Waals surface area contributed by atoms with Gasteiger partial charge in [-0.15, -0.1) is 0 Å². The van der Waals surface area contributed by atoms with E-state index in [4.69, 9.17) is 9.47 Å². The van der Waals surface area contributed by atoms with Crippen molar-refractivity contribution >= 4 is 27.6 Å². The van der Waals surface area contributed by atoms with Gasteiger partial charge in [0, 0.05) is 12.8 Å². The average molecular weight is 933 g/mol. The highest BCUT2D eigenvalue weighted by Crippen LogP contribution is 2.45. The molecule has 0 saturated carbocycles. The number of rotatable bonds is 48. The fraction of sp³-hybridized carbons (Fsp3) is 0.956. The van der Waals surface area contributed by atoms with Crippen LogP contribution in [0.2, 0.25) is 0 Å². The Kier molecular flexibility index (Phi) is 42.0. The van der Waals surface area contributed by atoms with Gasteiger partial charge >= 0.3 is 27.6 Å². The number of aliphatic hydroxyl groups excluding tert-OH is 3. The molecule has 0 bridgehead atoms. The molecule has 15 nitrogen and oxygen atoms in total. The zero-order chi connectivity index (χ0) is 46.0. The van der Waals surface area contributed by atoms with Crippen LogP contribution in [0.5, 0.6) is 0 Å². The van der Waals surface area contributed by atoms with Gasteiger partial charge in [-0.2, -0.15) is 0 Å². The van der Waals surface area contributed by atoms with Crippen molar-refractivity contribution in [1.29, 1.82) is 0 Å². The number of hydrogen-bond acceptors (Lipinski definition) is 13. The van der Waals surface area contributed by atoms with Crippen LogP contribution in [-0.4, -0.2) is 95.0 Å². The number of aliphatic hydroxyl groups is 3. The van der Waals surface area contributed by atoms with Crippen molar-refractivity contribution in [3.8, 4) is 0 Å². The fourth-order valence-electron chi connectivity index (χ4n) is 6.74. The molecule has 5 unspecified atom stereocenters. The third-order valence-electron chi connectivity index (χ3n) is 10.6. The lowest BCUT2D eigenvalue weighted by atomic mass is 10.0. The van der Waals surface area contributed by atoms with Crippen LogP contribution >= 0.6 is 15.6 Å². The molecule has 0 radical (unpaired) electrons. The second-order valence-electron chi connectivity index (χ2n) is 16.8. The third kappa shape index (κ3) is 44.3. The van der Waals surface area contributed by atoms with Gasteiger partial charge in [0.25, 0.3) is 0 Å². The lowest BCUT2D eigenvalue weighted by molar-refractivity contribution is -0.148. The molecule has 0 aliphatic carbocycles. The lowest BCUT2D eigenvalue weighted by Crippen LogP contribution is -2.25. The van der Waals surface area contributed by atoms with Crippen molar-refractivity contribution in [3.05, 3.63) is 0 Å². The molecule has 0 aromatic heterocycles. The maximum Gasteiger partial charge on any atom is 0.472 e. The summed E-state index contributed by atoms with van der Waals surface area (Å²) in [5.41, 5.74) is 0. The van der Waals surface area contributed by atoms with Crippen molar-refractivity contribution in [2.75, 3.05) is 39.6 Å². The highest BCUT2D eigenvalue weighted by atomic mass is 31.2. The third-order valence-corrected chi connectivity index (χ3v) is 12.5. The molecule has 370 valence electrons. The predicted molar refractivity (Wildman–Crippen MR) is 242 cm³/mol. The van der Waals surface area contributed by atoms with Gasteiger partial charge in [0.05, 0.1) is 26.4 Å². The van der Waals surface area contributed by atoms with Crippen molar-refractivity contribution in [1.82, 2.24) is 0 Å². The van der Waals surface area contributed by atoms with Crippen LogP contribution in [0.15, 0.2) is 0 Å². The molecule has 0 amide bonds. The Morgan fingerprint density at radius 3 is 0.774 bits per heavy atom. The maximum atomic E-state index is 12.2. The van der Waals surface area contributed by atoms with Crippen molar-refractivity contribution < 1.29 is 71.4 Å². The number of hydrogen-bond donors (Lipinski definition) is 5.